The van der Waals surface area contributed by atoms with E-state index in [1.807, 2.05) is 6.07 Å². The molecule has 0 atom stereocenters. The summed E-state index contributed by atoms with van der Waals surface area (Å²) in [7, 11) is 0. The van der Waals surface area contributed by atoms with Gasteiger partial charge in [-0.2, -0.15) is 0 Å². The summed E-state index contributed by atoms with van der Waals surface area (Å²) in [6, 6.07) is 13.3. The van der Waals surface area contributed by atoms with Crippen molar-refractivity contribution in [3.8, 4) is 5.75 Å². The van der Waals surface area contributed by atoms with E-state index in [1.54, 1.807) is 42.5 Å². The molecule has 3 rings (SSSR count). The second kappa shape index (κ2) is 8.35. The predicted molar refractivity (Wildman–Crippen MR) is 107 cm³/mol. The van der Waals surface area contributed by atoms with E-state index in [0.29, 0.717) is 32.3 Å². The normalized spacial score (nSPS) is 10.6. The summed E-state index contributed by atoms with van der Waals surface area (Å²) >= 11 is 21.2. The number of rotatable bonds is 5. The van der Waals surface area contributed by atoms with Crippen LogP contribution in [0.15, 0.2) is 57.4 Å². The van der Waals surface area contributed by atoms with E-state index in [9.17, 15) is 4.79 Å². The third kappa shape index (κ3) is 4.74. The van der Waals surface area contributed by atoms with Gasteiger partial charge in [0.25, 0.3) is 5.91 Å². The lowest BCUT2D eigenvalue weighted by Crippen LogP contribution is -2.10. The Bertz CT molecular complexity index is 959. The molecule has 0 aliphatic heterocycles. The zero-order valence-electron chi connectivity index (χ0n) is 13.1. The van der Waals surface area contributed by atoms with Crippen molar-refractivity contribution in [3.63, 3.8) is 0 Å². The van der Waals surface area contributed by atoms with E-state index in [4.69, 9.17) is 44.0 Å². The van der Waals surface area contributed by atoms with Crippen molar-refractivity contribution >= 4 is 62.3 Å². The van der Waals surface area contributed by atoms with Gasteiger partial charge in [0.1, 0.15) is 18.1 Å². The van der Waals surface area contributed by atoms with Crippen molar-refractivity contribution in [2.45, 2.75) is 6.61 Å². The molecule has 4 nitrogen and oxygen atoms in total. The Kier molecular flexibility index (Phi) is 6.14. The lowest BCUT2D eigenvalue weighted by atomic mass is 10.3. The Balaban J connectivity index is 1.63. The van der Waals surface area contributed by atoms with Crippen molar-refractivity contribution in [1.29, 1.82) is 0 Å². The SMILES string of the molecule is O=C(Nc1ccc(Cl)c(Cl)c1)c1ccc(COc2ccc(Br)cc2Cl)o1. The van der Waals surface area contributed by atoms with Gasteiger partial charge in [-0.15, -0.1) is 0 Å². The fourth-order valence-electron chi connectivity index (χ4n) is 2.09. The number of benzene rings is 2. The van der Waals surface area contributed by atoms with Crippen molar-refractivity contribution in [3.05, 3.63) is 79.6 Å². The summed E-state index contributed by atoms with van der Waals surface area (Å²) in [5, 5.41) is 3.92. The van der Waals surface area contributed by atoms with Crippen LogP contribution in [0.1, 0.15) is 16.3 Å². The molecule has 1 N–H and O–H groups in total. The maximum atomic E-state index is 12.2. The first-order valence-electron chi connectivity index (χ1n) is 7.35. The van der Waals surface area contributed by atoms with Crippen molar-refractivity contribution in [2.75, 3.05) is 5.32 Å². The van der Waals surface area contributed by atoms with Gasteiger partial charge in [0.2, 0.25) is 0 Å². The summed E-state index contributed by atoms with van der Waals surface area (Å²) in [5.41, 5.74) is 0.514. The van der Waals surface area contributed by atoms with Crippen molar-refractivity contribution in [2.24, 2.45) is 0 Å². The van der Waals surface area contributed by atoms with Gasteiger partial charge in [0.15, 0.2) is 5.76 Å². The van der Waals surface area contributed by atoms with Crippen LogP contribution in [0.3, 0.4) is 0 Å². The number of carbonyl (C=O) groups excluding carboxylic acids is 1. The number of ether oxygens (including phenoxy) is 1. The van der Waals surface area contributed by atoms with Crippen LogP contribution in [0.2, 0.25) is 15.1 Å². The van der Waals surface area contributed by atoms with Crippen LogP contribution in [-0.2, 0) is 6.61 Å². The average molecular weight is 476 g/mol. The highest BCUT2D eigenvalue weighted by atomic mass is 79.9. The Labute approximate surface area is 173 Å². The van der Waals surface area contributed by atoms with Crippen LogP contribution < -0.4 is 10.1 Å². The highest BCUT2D eigenvalue weighted by Crippen LogP contribution is 2.29. The van der Waals surface area contributed by atoms with Crippen LogP contribution >= 0.6 is 50.7 Å². The molecule has 3 aromatic rings. The molecule has 1 aromatic heterocycles. The van der Waals surface area contributed by atoms with Crippen molar-refractivity contribution in [1.82, 2.24) is 0 Å². The summed E-state index contributed by atoms with van der Waals surface area (Å²) in [6.45, 7) is 0.140. The lowest BCUT2D eigenvalue weighted by molar-refractivity contribution is 0.0992. The van der Waals surface area contributed by atoms with Crippen molar-refractivity contribution < 1.29 is 13.9 Å². The molecule has 26 heavy (non-hydrogen) atoms. The van der Waals surface area contributed by atoms with Gasteiger partial charge in [0, 0.05) is 10.2 Å². The number of hydrogen-bond acceptors (Lipinski definition) is 3. The van der Waals surface area contributed by atoms with Crippen LogP contribution in [-0.4, -0.2) is 5.91 Å². The standard InChI is InChI=1S/C18H11BrCl3NO3/c19-10-1-5-16(15(22)7-10)25-9-12-3-6-17(26-12)18(24)23-11-2-4-13(20)14(21)8-11/h1-8H,9H2,(H,23,24). The van der Waals surface area contributed by atoms with E-state index in [-0.39, 0.29) is 12.4 Å². The lowest BCUT2D eigenvalue weighted by Gasteiger charge is -2.07. The first-order valence-corrected chi connectivity index (χ1v) is 9.28. The Hall–Kier alpha value is -1.66. The number of halogens is 4. The fraction of sp³-hybridized carbons (Fsp3) is 0.0556. The first kappa shape index (κ1) is 19.1. The highest BCUT2D eigenvalue weighted by molar-refractivity contribution is 9.10. The molecule has 0 radical (unpaired) electrons. The molecule has 8 heteroatoms. The molecular weight excluding hydrogens is 464 g/mol. The average Bonchev–Trinajstić information content (AvgIpc) is 3.06. The third-order valence-corrected chi connectivity index (χ3v) is 4.85. The van der Waals surface area contributed by atoms with Gasteiger partial charge in [-0.05, 0) is 48.5 Å². The topological polar surface area (TPSA) is 51.5 Å². The van der Waals surface area contributed by atoms with Gasteiger partial charge in [-0.1, -0.05) is 50.7 Å². The predicted octanol–water partition coefficient (Wildman–Crippen LogP) is 6.83. The molecule has 2 aromatic carbocycles. The van der Waals surface area contributed by atoms with E-state index in [2.05, 4.69) is 21.2 Å². The molecule has 0 saturated carbocycles. The Morgan fingerprint density at radius 3 is 2.54 bits per heavy atom. The number of nitrogens with one attached hydrogen (secondary N) is 1. The summed E-state index contributed by atoms with van der Waals surface area (Å²) in [4.78, 5) is 12.2. The second-order valence-electron chi connectivity index (χ2n) is 5.21. The fourth-order valence-corrected chi connectivity index (χ4v) is 3.11. The summed E-state index contributed by atoms with van der Waals surface area (Å²) < 4.78 is 12.0. The third-order valence-electron chi connectivity index (χ3n) is 3.33. The second-order valence-corrected chi connectivity index (χ2v) is 7.35. The zero-order valence-corrected chi connectivity index (χ0v) is 16.9. The molecule has 0 saturated heterocycles. The molecule has 0 aliphatic carbocycles. The van der Waals surface area contributed by atoms with Gasteiger partial charge >= 0.3 is 0 Å². The quantitative estimate of drug-likeness (QED) is 0.440. The molecule has 1 amide bonds. The smallest absolute Gasteiger partial charge is 0.291 e. The molecule has 0 bridgehead atoms. The highest BCUT2D eigenvalue weighted by Gasteiger charge is 2.13. The number of carbonyl (C=O) groups is 1. The largest absolute Gasteiger partial charge is 0.484 e. The summed E-state index contributed by atoms with van der Waals surface area (Å²) in [6.07, 6.45) is 0. The summed E-state index contributed by atoms with van der Waals surface area (Å²) in [5.74, 6) is 0.754. The van der Waals surface area contributed by atoms with Crippen LogP contribution in [0, 0.1) is 0 Å². The van der Waals surface area contributed by atoms with Gasteiger partial charge in [-0.25, -0.2) is 0 Å². The minimum atomic E-state index is -0.406. The van der Waals surface area contributed by atoms with Gasteiger partial charge in [0.05, 0.1) is 15.1 Å². The van der Waals surface area contributed by atoms with Gasteiger partial charge in [-0.3, -0.25) is 4.79 Å². The maximum absolute atomic E-state index is 12.2. The monoisotopic (exact) mass is 473 g/mol. The minimum Gasteiger partial charge on any atom is -0.484 e. The van der Waals surface area contributed by atoms with E-state index >= 15 is 0 Å². The minimum absolute atomic E-state index is 0.140. The van der Waals surface area contributed by atoms with Crippen LogP contribution in [0.4, 0.5) is 5.69 Å². The van der Waals surface area contributed by atoms with Crippen LogP contribution in [0.5, 0.6) is 5.75 Å². The maximum Gasteiger partial charge on any atom is 0.291 e. The molecular formula is C18H11BrCl3NO3. The van der Waals surface area contributed by atoms with E-state index in [1.165, 1.54) is 0 Å². The van der Waals surface area contributed by atoms with E-state index in [0.717, 1.165) is 4.47 Å². The molecule has 0 unspecified atom stereocenters. The number of furan rings is 1. The number of amides is 1. The molecule has 134 valence electrons. The van der Waals surface area contributed by atoms with E-state index < -0.39 is 5.91 Å². The Morgan fingerprint density at radius 2 is 1.81 bits per heavy atom. The first-order chi connectivity index (χ1) is 12.4. The molecule has 0 spiro atoms. The molecule has 0 fully saturated rings. The van der Waals surface area contributed by atoms with Crippen LogP contribution in [0.25, 0.3) is 0 Å². The number of hydrogen-bond donors (Lipinski definition) is 1. The zero-order chi connectivity index (χ0) is 18.7. The number of anilines is 1. The molecule has 1 heterocycles. The molecule has 0 aliphatic rings. The van der Waals surface area contributed by atoms with Gasteiger partial charge < -0.3 is 14.5 Å². The Morgan fingerprint density at radius 1 is 1.00 bits per heavy atom.